The number of oxazole rings is 1. The lowest BCUT2D eigenvalue weighted by Crippen LogP contribution is -2.11. The number of anilines is 1. The van der Waals surface area contributed by atoms with E-state index < -0.39 is 0 Å². The number of fused-ring (bicyclic) bond motifs is 1. The third-order valence-electron chi connectivity index (χ3n) is 4.48. The number of benzene rings is 3. The summed E-state index contributed by atoms with van der Waals surface area (Å²) in [6, 6.07) is 18.7. The topological polar surface area (TPSA) is 55.1 Å². The number of nitrogens with zero attached hydrogens (tertiary/aromatic N) is 1. The van der Waals surface area contributed by atoms with Crippen molar-refractivity contribution in [2.24, 2.45) is 0 Å². The van der Waals surface area contributed by atoms with Crippen LogP contribution < -0.4 is 5.32 Å². The second-order valence-corrected chi connectivity index (χ2v) is 7.38. The molecule has 1 heterocycles. The van der Waals surface area contributed by atoms with Gasteiger partial charge in [0.2, 0.25) is 5.89 Å². The van der Waals surface area contributed by atoms with Crippen LogP contribution in [0.25, 0.3) is 22.6 Å². The van der Waals surface area contributed by atoms with Gasteiger partial charge in [0.15, 0.2) is 5.58 Å². The Labute approximate surface area is 165 Å². The van der Waals surface area contributed by atoms with E-state index in [9.17, 15) is 4.79 Å². The van der Waals surface area contributed by atoms with Gasteiger partial charge in [-0.05, 0) is 79.6 Å². The summed E-state index contributed by atoms with van der Waals surface area (Å²) in [5, 5.41) is 2.92. The molecular weight excluding hydrogens is 404 g/mol. The number of aryl methyl sites for hydroxylation is 2. The standard InChI is InChI=1S/C22H17BrN2O2/c1-13-10-19-20(11-14(13)2)27-22(25-19)16-4-3-5-18(12-16)24-21(26)15-6-8-17(23)9-7-15/h3-12H,1-2H3,(H,24,26). The smallest absolute Gasteiger partial charge is 0.255 e. The molecule has 1 amide bonds. The predicted molar refractivity (Wildman–Crippen MR) is 111 cm³/mol. The number of nitrogens with one attached hydrogen (secondary N) is 1. The lowest BCUT2D eigenvalue weighted by molar-refractivity contribution is 0.102. The molecule has 0 saturated heterocycles. The molecule has 0 atom stereocenters. The van der Waals surface area contributed by atoms with Crippen LogP contribution in [0.1, 0.15) is 21.5 Å². The highest BCUT2D eigenvalue weighted by Crippen LogP contribution is 2.28. The Kier molecular flexibility index (Phi) is 4.54. The summed E-state index contributed by atoms with van der Waals surface area (Å²) in [7, 11) is 0. The molecule has 27 heavy (non-hydrogen) atoms. The Morgan fingerprint density at radius 2 is 1.74 bits per heavy atom. The fourth-order valence-electron chi connectivity index (χ4n) is 2.84. The van der Waals surface area contributed by atoms with Crippen LogP contribution >= 0.6 is 15.9 Å². The van der Waals surface area contributed by atoms with Gasteiger partial charge in [-0.15, -0.1) is 0 Å². The van der Waals surface area contributed by atoms with Crippen molar-refractivity contribution in [2.75, 3.05) is 5.32 Å². The molecule has 134 valence electrons. The lowest BCUT2D eigenvalue weighted by atomic mass is 10.1. The first-order valence-corrected chi connectivity index (χ1v) is 9.34. The zero-order valence-corrected chi connectivity index (χ0v) is 16.5. The van der Waals surface area contributed by atoms with E-state index in [0.717, 1.165) is 21.1 Å². The zero-order chi connectivity index (χ0) is 19.0. The normalized spacial score (nSPS) is 10.9. The fourth-order valence-corrected chi connectivity index (χ4v) is 3.10. The Balaban J connectivity index is 1.62. The highest BCUT2D eigenvalue weighted by atomic mass is 79.9. The summed E-state index contributed by atoms with van der Waals surface area (Å²) in [6.45, 7) is 4.11. The molecule has 4 rings (SSSR count). The van der Waals surface area contributed by atoms with Gasteiger partial charge < -0.3 is 9.73 Å². The highest BCUT2D eigenvalue weighted by molar-refractivity contribution is 9.10. The van der Waals surface area contributed by atoms with Gasteiger partial charge in [0.05, 0.1) is 0 Å². The van der Waals surface area contributed by atoms with Crippen LogP contribution in [-0.2, 0) is 0 Å². The Morgan fingerprint density at radius 1 is 1.00 bits per heavy atom. The SMILES string of the molecule is Cc1cc2nc(-c3cccc(NC(=O)c4ccc(Br)cc4)c3)oc2cc1C. The van der Waals surface area contributed by atoms with E-state index in [2.05, 4.69) is 40.1 Å². The molecule has 0 saturated carbocycles. The quantitative estimate of drug-likeness (QED) is 0.433. The lowest BCUT2D eigenvalue weighted by Gasteiger charge is -2.06. The van der Waals surface area contributed by atoms with Gasteiger partial charge in [-0.2, -0.15) is 0 Å². The maximum absolute atomic E-state index is 12.4. The minimum absolute atomic E-state index is 0.163. The van der Waals surface area contributed by atoms with Crippen molar-refractivity contribution in [3.8, 4) is 11.5 Å². The van der Waals surface area contributed by atoms with Crippen molar-refractivity contribution in [3.63, 3.8) is 0 Å². The molecule has 3 aromatic carbocycles. The van der Waals surface area contributed by atoms with E-state index >= 15 is 0 Å². The van der Waals surface area contributed by atoms with Crippen molar-refractivity contribution in [2.45, 2.75) is 13.8 Å². The summed E-state index contributed by atoms with van der Waals surface area (Å²) in [4.78, 5) is 17.0. The molecule has 0 bridgehead atoms. The van der Waals surface area contributed by atoms with Crippen molar-refractivity contribution in [3.05, 3.63) is 81.8 Å². The van der Waals surface area contributed by atoms with Crippen molar-refractivity contribution >= 4 is 38.6 Å². The molecular formula is C22H17BrN2O2. The number of amides is 1. The Hall–Kier alpha value is -2.92. The summed E-state index contributed by atoms with van der Waals surface area (Å²) < 4.78 is 6.85. The number of hydrogen-bond donors (Lipinski definition) is 1. The van der Waals surface area contributed by atoms with Crippen molar-refractivity contribution < 1.29 is 9.21 Å². The third kappa shape index (κ3) is 3.64. The van der Waals surface area contributed by atoms with Crippen LogP contribution in [0.2, 0.25) is 0 Å². The number of carbonyl (C=O) groups is 1. The molecule has 0 fully saturated rings. The average molecular weight is 421 g/mol. The van der Waals surface area contributed by atoms with Gasteiger partial charge in [0.25, 0.3) is 5.91 Å². The van der Waals surface area contributed by atoms with Gasteiger partial charge in [0.1, 0.15) is 5.52 Å². The second kappa shape index (κ2) is 7.00. The molecule has 0 spiro atoms. The summed E-state index contributed by atoms with van der Waals surface area (Å²) in [5.74, 6) is 0.373. The second-order valence-electron chi connectivity index (χ2n) is 6.47. The Morgan fingerprint density at radius 3 is 2.52 bits per heavy atom. The molecule has 5 heteroatoms. The summed E-state index contributed by atoms with van der Waals surface area (Å²) in [5.41, 5.74) is 6.04. The van der Waals surface area contributed by atoms with Crippen LogP contribution in [0.4, 0.5) is 5.69 Å². The fraction of sp³-hybridized carbons (Fsp3) is 0.0909. The first-order valence-electron chi connectivity index (χ1n) is 8.55. The van der Waals surface area contributed by atoms with E-state index in [4.69, 9.17) is 4.42 Å². The minimum atomic E-state index is -0.163. The number of carbonyl (C=O) groups excluding carboxylic acids is 1. The van der Waals surface area contributed by atoms with E-state index in [1.54, 1.807) is 12.1 Å². The average Bonchev–Trinajstić information content (AvgIpc) is 3.05. The first kappa shape index (κ1) is 17.5. The van der Waals surface area contributed by atoms with E-state index in [1.807, 2.05) is 48.5 Å². The first-order chi connectivity index (χ1) is 13.0. The largest absolute Gasteiger partial charge is 0.436 e. The molecule has 0 aliphatic heterocycles. The summed E-state index contributed by atoms with van der Waals surface area (Å²) in [6.07, 6.45) is 0. The highest BCUT2D eigenvalue weighted by Gasteiger charge is 2.11. The van der Waals surface area contributed by atoms with Crippen molar-refractivity contribution in [1.82, 2.24) is 4.98 Å². The molecule has 0 unspecified atom stereocenters. The third-order valence-corrected chi connectivity index (χ3v) is 5.01. The number of halogens is 1. The molecule has 0 aliphatic rings. The molecule has 1 aromatic heterocycles. The van der Waals surface area contributed by atoms with E-state index in [-0.39, 0.29) is 5.91 Å². The number of hydrogen-bond acceptors (Lipinski definition) is 3. The molecule has 1 N–H and O–H groups in total. The Bertz CT molecular complexity index is 1110. The van der Waals surface area contributed by atoms with Gasteiger partial charge in [-0.3, -0.25) is 4.79 Å². The van der Waals surface area contributed by atoms with Gasteiger partial charge in [-0.1, -0.05) is 22.0 Å². The number of aromatic nitrogens is 1. The molecule has 4 aromatic rings. The van der Waals surface area contributed by atoms with E-state index in [0.29, 0.717) is 17.1 Å². The van der Waals surface area contributed by atoms with Crippen LogP contribution in [0, 0.1) is 13.8 Å². The number of rotatable bonds is 3. The van der Waals surface area contributed by atoms with Gasteiger partial charge >= 0.3 is 0 Å². The predicted octanol–water partition coefficient (Wildman–Crippen LogP) is 6.13. The molecule has 4 nitrogen and oxygen atoms in total. The van der Waals surface area contributed by atoms with Gasteiger partial charge in [-0.25, -0.2) is 4.98 Å². The van der Waals surface area contributed by atoms with Gasteiger partial charge in [0, 0.05) is 21.3 Å². The van der Waals surface area contributed by atoms with Crippen LogP contribution in [0.5, 0.6) is 0 Å². The van der Waals surface area contributed by atoms with Crippen molar-refractivity contribution in [1.29, 1.82) is 0 Å². The molecule has 0 aliphatic carbocycles. The maximum Gasteiger partial charge on any atom is 0.255 e. The van der Waals surface area contributed by atoms with Crippen LogP contribution in [0.15, 0.2) is 69.6 Å². The van der Waals surface area contributed by atoms with Crippen LogP contribution in [0.3, 0.4) is 0 Å². The minimum Gasteiger partial charge on any atom is -0.436 e. The van der Waals surface area contributed by atoms with E-state index in [1.165, 1.54) is 11.1 Å². The van der Waals surface area contributed by atoms with Crippen LogP contribution in [-0.4, -0.2) is 10.9 Å². The summed E-state index contributed by atoms with van der Waals surface area (Å²) >= 11 is 3.37. The zero-order valence-electron chi connectivity index (χ0n) is 14.9. The monoisotopic (exact) mass is 420 g/mol. The molecule has 0 radical (unpaired) electrons. The maximum atomic E-state index is 12.4.